The lowest BCUT2D eigenvalue weighted by Crippen LogP contribution is -2.38. The highest BCUT2D eigenvalue weighted by Gasteiger charge is 2.07. The molecule has 168 valence electrons. The molecule has 0 heterocycles. The molecule has 7 nitrogen and oxygen atoms in total. The van der Waals surface area contributed by atoms with Crippen LogP contribution in [0.2, 0.25) is 0 Å². The maximum atomic E-state index is 11.4. The third kappa shape index (κ3) is 22.5. The number of amides is 1. The molecule has 0 aliphatic heterocycles. The van der Waals surface area contributed by atoms with Crippen LogP contribution >= 0.6 is 48.1 Å². The molecule has 1 aromatic rings. The third-order valence-electron chi connectivity index (χ3n) is 2.98. The molecule has 1 amide bonds. The summed E-state index contributed by atoms with van der Waals surface area (Å²) >= 11 is 1.80. The van der Waals surface area contributed by atoms with Gasteiger partial charge in [-0.25, -0.2) is 0 Å². The number of benzene rings is 1. The summed E-state index contributed by atoms with van der Waals surface area (Å²) in [5.41, 5.74) is 1.17. The zero-order valence-corrected chi connectivity index (χ0v) is 22.7. The van der Waals surface area contributed by atoms with Gasteiger partial charge in [0.25, 0.3) is 6.47 Å². The van der Waals surface area contributed by atoms with Crippen molar-refractivity contribution in [2.75, 3.05) is 19.7 Å². The van der Waals surface area contributed by atoms with Crippen LogP contribution in [0.25, 0.3) is 0 Å². The summed E-state index contributed by atoms with van der Waals surface area (Å²) in [4.78, 5) is 20.4. The minimum Gasteiger partial charge on any atom is -0.492 e. The van der Waals surface area contributed by atoms with E-state index in [0.29, 0.717) is 19.6 Å². The smallest absolute Gasteiger partial charge is 0.295 e. The van der Waals surface area contributed by atoms with Crippen molar-refractivity contribution < 1.29 is 18.8 Å². The molecule has 1 rings (SSSR count). The Balaban J connectivity index is 0. The van der Waals surface area contributed by atoms with Gasteiger partial charge in [-0.1, -0.05) is 53.2 Å². The quantitative estimate of drug-likeness (QED) is 0.244. The molecule has 5 unspecified atom stereocenters. The second-order valence-corrected chi connectivity index (χ2v) is 9.04. The highest BCUT2D eigenvalue weighted by atomic mass is 32.7. The van der Waals surface area contributed by atoms with Crippen LogP contribution in [0.5, 0.6) is 5.75 Å². The second-order valence-electron chi connectivity index (χ2n) is 5.92. The Bertz CT molecular complexity index is 528. The van der Waals surface area contributed by atoms with Crippen molar-refractivity contribution in [2.24, 2.45) is 0 Å². The molecule has 5 atom stereocenters. The van der Waals surface area contributed by atoms with E-state index < -0.39 is 0 Å². The van der Waals surface area contributed by atoms with Gasteiger partial charge in [-0.2, -0.15) is 0 Å². The molecule has 0 bridgehead atoms. The van der Waals surface area contributed by atoms with Crippen molar-refractivity contribution in [3.05, 3.63) is 29.8 Å². The number of hydrogen-bond donors (Lipinski definition) is 3. The van der Waals surface area contributed by atoms with Gasteiger partial charge in [-0.05, 0) is 31.0 Å². The van der Waals surface area contributed by atoms with E-state index >= 15 is 0 Å². The van der Waals surface area contributed by atoms with Crippen molar-refractivity contribution >= 4 is 60.5 Å². The van der Waals surface area contributed by atoms with E-state index in [-0.39, 0.29) is 11.9 Å². The first-order chi connectivity index (χ1) is 13.8. The van der Waals surface area contributed by atoms with Crippen LogP contribution in [0.15, 0.2) is 24.3 Å². The zero-order valence-electron chi connectivity index (χ0n) is 17.2. The molecule has 0 aliphatic rings. The molecule has 0 spiro atoms. The Labute approximate surface area is 188 Å². The summed E-state index contributed by atoms with van der Waals surface area (Å²) < 4.78 is 9.32. The maximum Gasteiger partial charge on any atom is 0.295 e. The summed E-state index contributed by atoms with van der Waals surface area (Å²) in [7, 11) is 9.16. The lowest BCUT2D eigenvalue weighted by molar-refractivity contribution is -0.121. The van der Waals surface area contributed by atoms with Crippen LogP contribution < -0.4 is 20.2 Å². The fourth-order valence-corrected chi connectivity index (χ4v) is 2.08. The largest absolute Gasteiger partial charge is 0.492 e. The number of hydrogen-bond acceptors (Lipinski definition) is 7. The first-order valence-electron chi connectivity index (χ1n) is 8.87. The van der Waals surface area contributed by atoms with Gasteiger partial charge >= 0.3 is 0 Å². The van der Waals surface area contributed by atoms with Gasteiger partial charge in [0.15, 0.2) is 0 Å². The van der Waals surface area contributed by atoms with Crippen LogP contribution in [-0.4, -0.2) is 43.4 Å². The molecule has 3 N–H and O–H groups in total. The topological polar surface area (TPSA) is 88.7 Å². The zero-order chi connectivity index (χ0) is 22.5. The SMILES string of the molecule is CC(C)SP.CC(Cc1ccc(OCCNP)cc1)NC(=O)CNP.O=COP. The first kappa shape index (κ1) is 31.1. The summed E-state index contributed by atoms with van der Waals surface area (Å²) in [6.45, 7) is 8.40. The van der Waals surface area contributed by atoms with Crippen molar-refractivity contribution in [1.82, 2.24) is 15.5 Å². The molecule has 29 heavy (non-hydrogen) atoms. The average molecular weight is 501 g/mol. The predicted molar refractivity (Wildman–Crippen MR) is 138 cm³/mol. The molecular formula is C17H35N3O4P4S. The summed E-state index contributed by atoms with van der Waals surface area (Å²) in [5, 5.41) is 9.39. The van der Waals surface area contributed by atoms with E-state index in [9.17, 15) is 4.79 Å². The fourth-order valence-electron chi connectivity index (χ4n) is 1.77. The number of nitrogens with one attached hydrogen (secondary N) is 3. The molecular weight excluding hydrogens is 466 g/mol. The van der Waals surface area contributed by atoms with E-state index in [1.54, 1.807) is 20.8 Å². The number of carbonyl (C=O) groups excluding carboxylic acids is 2. The molecule has 1 aromatic carbocycles. The number of ether oxygens (including phenoxy) is 1. The summed E-state index contributed by atoms with van der Waals surface area (Å²) in [5.74, 6) is 0.857. The van der Waals surface area contributed by atoms with Crippen LogP contribution in [0.4, 0.5) is 0 Å². The van der Waals surface area contributed by atoms with Crippen molar-refractivity contribution in [3.8, 4) is 5.75 Å². The van der Waals surface area contributed by atoms with Crippen molar-refractivity contribution in [2.45, 2.75) is 38.5 Å². The van der Waals surface area contributed by atoms with E-state index in [1.165, 1.54) is 5.56 Å². The molecule has 0 saturated carbocycles. The molecule has 0 fully saturated rings. The Kier molecular flexibility index (Phi) is 24.3. The molecule has 0 saturated heterocycles. The monoisotopic (exact) mass is 501 g/mol. The van der Waals surface area contributed by atoms with Crippen LogP contribution in [0.1, 0.15) is 26.3 Å². The van der Waals surface area contributed by atoms with Crippen LogP contribution in [0, 0.1) is 0 Å². The lowest BCUT2D eigenvalue weighted by atomic mass is 10.1. The highest BCUT2D eigenvalue weighted by molar-refractivity contribution is 8.44. The third-order valence-corrected chi connectivity index (χ3v) is 5.76. The minimum atomic E-state index is -0.00242. The fraction of sp³-hybridized carbons (Fsp3) is 0.529. The van der Waals surface area contributed by atoms with Gasteiger partial charge < -0.3 is 14.6 Å². The van der Waals surface area contributed by atoms with Gasteiger partial charge in [-0.3, -0.25) is 19.8 Å². The van der Waals surface area contributed by atoms with Crippen LogP contribution in [-0.2, 0) is 20.5 Å². The van der Waals surface area contributed by atoms with E-state index in [2.05, 4.69) is 61.1 Å². The Morgan fingerprint density at radius 2 is 1.72 bits per heavy atom. The molecule has 0 aliphatic carbocycles. The van der Waals surface area contributed by atoms with Crippen molar-refractivity contribution in [3.63, 3.8) is 0 Å². The van der Waals surface area contributed by atoms with Gasteiger partial charge in [-0.15, -0.1) is 11.4 Å². The Hall–Kier alpha value is -0.0500. The normalized spacial score (nSPS) is 10.6. The maximum absolute atomic E-state index is 11.4. The van der Waals surface area contributed by atoms with Gasteiger partial charge in [0.1, 0.15) is 12.4 Å². The van der Waals surface area contributed by atoms with Crippen LogP contribution in [0.3, 0.4) is 0 Å². The average Bonchev–Trinajstić information content (AvgIpc) is 2.70. The van der Waals surface area contributed by atoms with E-state index in [4.69, 9.17) is 9.53 Å². The minimum absolute atomic E-state index is 0.00242. The Morgan fingerprint density at radius 1 is 1.17 bits per heavy atom. The van der Waals surface area contributed by atoms with Gasteiger partial charge in [0.05, 0.1) is 16.0 Å². The summed E-state index contributed by atoms with van der Waals surface area (Å²) in [6, 6.07) is 8.07. The number of carbonyl (C=O) groups is 2. The summed E-state index contributed by atoms with van der Waals surface area (Å²) in [6.07, 6.45) is 0.802. The van der Waals surface area contributed by atoms with Crippen molar-refractivity contribution in [1.29, 1.82) is 0 Å². The highest BCUT2D eigenvalue weighted by Crippen LogP contribution is 2.16. The molecule has 0 radical (unpaired) electrons. The Morgan fingerprint density at radius 3 is 2.14 bits per heavy atom. The standard InChI is InChI=1S/C13H23N3O2P2.C3H9PS.CH3O2P/c1-10(16-13(17)9-15-20)8-11-2-4-12(5-3-11)18-7-6-14-19;1-3(2)5-4;2-1-3-4/h2-5,10,14-15H,6-9,19-20H2,1H3,(H,16,17);3H,4H2,1-2H3;1H,4H2. The lowest BCUT2D eigenvalue weighted by Gasteiger charge is -2.14. The van der Waals surface area contributed by atoms with E-state index in [1.807, 2.05) is 31.2 Å². The van der Waals surface area contributed by atoms with Gasteiger partial charge in [0.2, 0.25) is 5.91 Å². The molecule has 0 aromatic heterocycles. The predicted octanol–water partition coefficient (Wildman–Crippen LogP) is 2.74. The second kappa shape index (κ2) is 22.6. The number of rotatable bonds is 11. The molecule has 12 heteroatoms. The first-order valence-corrected chi connectivity index (χ1v) is 12.9. The van der Waals surface area contributed by atoms with Gasteiger partial charge in [0, 0.05) is 17.8 Å². The van der Waals surface area contributed by atoms with E-state index in [0.717, 1.165) is 24.0 Å².